The summed E-state index contributed by atoms with van der Waals surface area (Å²) in [4.78, 5) is 23.4. The van der Waals surface area contributed by atoms with E-state index in [2.05, 4.69) is 5.32 Å². The van der Waals surface area contributed by atoms with Crippen LogP contribution in [0.5, 0.6) is 11.5 Å². The largest absolute Gasteiger partial charge is 0.497 e. The molecule has 1 amide bonds. The van der Waals surface area contributed by atoms with Crippen LogP contribution in [0.4, 0.5) is 0 Å². The first-order valence-electron chi connectivity index (χ1n) is 6.64. The maximum atomic E-state index is 12.2. The molecule has 0 spiro atoms. The Bertz CT molecular complexity index is 513. The molecule has 1 atom stereocenters. The van der Waals surface area contributed by atoms with Gasteiger partial charge in [-0.15, -0.1) is 0 Å². The van der Waals surface area contributed by atoms with Crippen molar-refractivity contribution >= 4 is 11.9 Å². The number of carbonyl (C=O) groups is 2. The third-order valence-electron chi connectivity index (χ3n) is 2.96. The summed E-state index contributed by atoms with van der Waals surface area (Å²) in [6.45, 7) is 3.80. The Kier molecular flexibility index (Phi) is 6.02. The van der Waals surface area contributed by atoms with E-state index < -0.39 is 17.9 Å². The van der Waals surface area contributed by atoms with Crippen molar-refractivity contribution in [3.63, 3.8) is 0 Å². The second kappa shape index (κ2) is 7.52. The van der Waals surface area contributed by atoms with E-state index in [4.69, 9.17) is 14.6 Å². The first-order valence-corrected chi connectivity index (χ1v) is 6.64. The highest BCUT2D eigenvalue weighted by Gasteiger charge is 2.23. The molecule has 1 aromatic carbocycles. The minimum absolute atomic E-state index is 0.157. The maximum absolute atomic E-state index is 12.2. The van der Waals surface area contributed by atoms with Gasteiger partial charge in [0.1, 0.15) is 17.5 Å². The van der Waals surface area contributed by atoms with Gasteiger partial charge in [-0.2, -0.15) is 0 Å². The molecule has 0 bridgehead atoms. The zero-order chi connectivity index (χ0) is 16.0. The van der Waals surface area contributed by atoms with Crippen molar-refractivity contribution in [2.24, 2.45) is 5.92 Å². The van der Waals surface area contributed by atoms with E-state index >= 15 is 0 Å². The van der Waals surface area contributed by atoms with Gasteiger partial charge in [0, 0.05) is 6.07 Å². The maximum Gasteiger partial charge on any atom is 0.326 e. The SMILES string of the molecule is COc1ccc(C(=O)N[C@@H](CC(C)C)C(=O)O)c(OC)c1. The van der Waals surface area contributed by atoms with Crippen molar-refractivity contribution in [2.75, 3.05) is 14.2 Å². The molecule has 0 radical (unpaired) electrons. The third kappa shape index (κ3) is 4.66. The van der Waals surface area contributed by atoms with E-state index in [0.717, 1.165) is 0 Å². The van der Waals surface area contributed by atoms with E-state index in [1.54, 1.807) is 18.2 Å². The highest BCUT2D eigenvalue weighted by molar-refractivity contribution is 5.99. The van der Waals surface area contributed by atoms with Crippen LogP contribution in [0, 0.1) is 5.92 Å². The molecule has 0 aliphatic rings. The average Bonchev–Trinajstić information content (AvgIpc) is 2.45. The summed E-state index contributed by atoms with van der Waals surface area (Å²) in [6, 6.07) is 3.81. The Morgan fingerprint density at radius 2 is 1.90 bits per heavy atom. The third-order valence-corrected chi connectivity index (χ3v) is 2.96. The number of methoxy groups -OCH3 is 2. The molecule has 0 saturated carbocycles. The fraction of sp³-hybridized carbons (Fsp3) is 0.467. The predicted octanol–water partition coefficient (Wildman–Crippen LogP) is 1.93. The fourth-order valence-corrected chi connectivity index (χ4v) is 1.91. The first-order chi connectivity index (χ1) is 9.88. The molecule has 2 N–H and O–H groups in total. The molecule has 6 nitrogen and oxygen atoms in total. The van der Waals surface area contributed by atoms with Crippen molar-refractivity contribution < 1.29 is 24.2 Å². The van der Waals surface area contributed by atoms with Gasteiger partial charge in [-0.05, 0) is 24.5 Å². The van der Waals surface area contributed by atoms with Crippen molar-refractivity contribution in [2.45, 2.75) is 26.3 Å². The molecule has 0 aliphatic heterocycles. The Morgan fingerprint density at radius 3 is 2.38 bits per heavy atom. The Morgan fingerprint density at radius 1 is 1.24 bits per heavy atom. The van der Waals surface area contributed by atoms with Gasteiger partial charge in [0.05, 0.1) is 19.8 Å². The number of rotatable bonds is 7. The van der Waals surface area contributed by atoms with Crippen LogP contribution in [0.1, 0.15) is 30.6 Å². The van der Waals surface area contributed by atoms with Crippen molar-refractivity contribution in [1.29, 1.82) is 0 Å². The number of carboxylic acid groups (broad SMARTS) is 1. The Balaban J connectivity index is 2.94. The van der Waals surface area contributed by atoms with Crippen LogP contribution in [-0.4, -0.2) is 37.2 Å². The number of amides is 1. The molecule has 6 heteroatoms. The zero-order valence-corrected chi connectivity index (χ0v) is 12.7. The minimum atomic E-state index is -1.05. The molecule has 0 aliphatic carbocycles. The van der Waals surface area contributed by atoms with Gasteiger partial charge in [-0.1, -0.05) is 13.8 Å². The number of ether oxygens (including phenoxy) is 2. The monoisotopic (exact) mass is 295 g/mol. The predicted molar refractivity (Wildman–Crippen MR) is 77.9 cm³/mol. The lowest BCUT2D eigenvalue weighted by Gasteiger charge is -2.17. The van der Waals surface area contributed by atoms with Gasteiger partial charge >= 0.3 is 5.97 Å². The van der Waals surface area contributed by atoms with E-state index in [1.807, 2.05) is 13.8 Å². The lowest BCUT2D eigenvalue weighted by Crippen LogP contribution is -2.41. The van der Waals surface area contributed by atoms with Crippen LogP contribution in [0.15, 0.2) is 18.2 Å². The van der Waals surface area contributed by atoms with Crippen molar-refractivity contribution in [3.05, 3.63) is 23.8 Å². The molecule has 0 heterocycles. The number of nitrogens with one attached hydrogen (secondary N) is 1. The number of carbonyl (C=O) groups excluding carboxylic acids is 1. The van der Waals surface area contributed by atoms with Gasteiger partial charge in [-0.25, -0.2) is 4.79 Å². The molecule has 0 aromatic heterocycles. The van der Waals surface area contributed by atoms with Crippen LogP contribution < -0.4 is 14.8 Å². The summed E-state index contributed by atoms with van der Waals surface area (Å²) < 4.78 is 10.2. The zero-order valence-electron chi connectivity index (χ0n) is 12.7. The molecule has 1 aromatic rings. The number of aliphatic carboxylic acids is 1. The number of hydrogen-bond donors (Lipinski definition) is 2. The number of carboxylic acids is 1. The van der Waals surface area contributed by atoms with E-state index in [1.165, 1.54) is 14.2 Å². The lowest BCUT2D eigenvalue weighted by atomic mass is 10.0. The summed E-state index contributed by atoms with van der Waals surface area (Å²) >= 11 is 0. The molecule has 1 rings (SSSR count). The quantitative estimate of drug-likeness (QED) is 0.803. The standard InChI is InChI=1S/C15H21NO5/c1-9(2)7-12(15(18)19)16-14(17)11-6-5-10(20-3)8-13(11)21-4/h5-6,8-9,12H,7H2,1-4H3,(H,16,17)(H,18,19)/t12-/m0/s1. The van der Waals surface area contributed by atoms with Crippen LogP contribution >= 0.6 is 0 Å². The molecule has 116 valence electrons. The topological polar surface area (TPSA) is 84.9 Å². The fourth-order valence-electron chi connectivity index (χ4n) is 1.91. The van der Waals surface area contributed by atoms with Gasteiger partial charge < -0.3 is 19.9 Å². The van der Waals surface area contributed by atoms with Crippen molar-refractivity contribution in [1.82, 2.24) is 5.32 Å². The summed E-state index contributed by atoms with van der Waals surface area (Å²) in [5.41, 5.74) is 0.272. The van der Waals surface area contributed by atoms with Crippen LogP contribution in [0.3, 0.4) is 0 Å². The van der Waals surface area contributed by atoms with Gasteiger partial charge in [0.25, 0.3) is 5.91 Å². The smallest absolute Gasteiger partial charge is 0.326 e. The van der Waals surface area contributed by atoms with Gasteiger partial charge in [0.2, 0.25) is 0 Å². The summed E-state index contributed by atoms with van der Waals surface area (Å²) in [6.07, 6.45) is 0.361. The summed E-state index contributed by atoms with van der Waals surface area (Å²) in [5.74, 6) is -0.489. The minimum Gasteiger partial charge on any atom is -0.497 e. The average molecular weight is 295 g/mol. The van der Waals surface area contributed by atoms with Crippen molar-refractivity contribution in [3.8, 4) is 11.5 Å². The molecule has 0 fully saturated rings. The van der Waals surface area contributed by atoms with E-state index in [9.17, 15) is 9.59 Å². The van der Waals surface area contributed by atoms with Crippen LogP contribution in [-0.2, 0) is 4.79 Å². The lowest BCUT2D eigenvalue weighted by molar-refractivity contribution is -0.139. The Labute approximate surface area is 124 Å². The number of benzene rings is 1. The van der Waals surface area contributed by atoms with E-state index in [-0.39, 0.29) is 11.5 Å². The van der Waals surface area contributed by atoms with E-state index in [0.29, 0.717) is 17.9 Å². The number of hydrogen-bond acceptors (Lipinski definition) is 4. The second-order valence-corrected chi connectivity index (χ2v) is 5.06. The molecular formula is C15H21NO5. The van der Waals surface area contributed by atoms with Crippen LogP contribution in [0.2, 0.25) is 0 Å². The Hall–Kier alpha value is -2.24. The second-order valence-electron chi connectivity index (χ2n) is 5.06. The molecule has 0 unspecified atom stereocenters. The normalized spacial score (nSPS) is 11.9. The molecule has 21 heavy (non-hydrogen) atoms. The highest BCUT2D eigenvalue weighted by Crippen LogP contribution is 2.24. The first kappa shape index (κ1) is 16.8. The van der Waals surface area contributed by atoms with Gasteiger partial charge in [-0.3, -0.25) is 4.79 Å². The summed E-state index contributed by atoms with van der Waals surface area (Å²) in [7, 11) is 2.95. The molecular weight excluding hydrogens is 274 g/mol. The molecule has 0 saturated heterocycles. The van der Waals surface area contributed by atoms with Crippen LogP contribution in [0.25, 0.3) is 0 Å². The van der Waals surface area contributed by atoms with Gasteiger partial charge in [0.15, 0.2) is 0 Å². The highest BCUT2D eigenvalue weighted by atomic mass is 16.5. The summed E-state index contributed by atoms with van der Waals surface area (Å²) in [5, 5.41) is 11.7.